The van der Waals surface area contributed by atoms with Crippen LogP contribution in [0.15, 0.2) is 30.3 Å². The van der Waals surface area contributed by atoms with Crippen LogP contribution in [0.3, 0.4) is 0 Å². The number of thiocarbonyl (C=S) groups is 1. The molecule has 0 radical (unpaired) electrons. The topological polar surface area (TPSA) is 50.8 Å². The van der Waals surface area contributed by atoms with E-state index in [0.29, 0.717) is 26.5 Å². The van der Waals surface area contributed by atoms with E-state index in [2.05, 4.69) is 5.32 Å². The highest BCUT2D eigenvalue weighted by Gasteiger charge is 2.60. The fraction of sp³-hybridized carbons (Fsp3) is 0.364. The van der Waals surface area contributed by atoms with Crippen molar-refractivity contribution in [2.75, 3.05) is 11.5 Å². The number of anilines is 1. The number of rotatable bonds is 3. The van der Waals surface area contributed by atoms with E-state index in [1.807, 2.05) is 43.9 Å². The van der Waals surface area contributed by atoms with Crippen LogP contribution in [0.1, 0.15) is 36.6 Å². The van der Waals surface area contributed by atoms with Gasteiger partial charge in [0, 0.05) is 10.6 Å². The lowest BCUT2D eigenvalue weighted by molar-refractivity contribution is -0.159. The molecule has 2 aliphatic rings. The van der Waals surface area contributed by atoms with E-state index in [0.717, 1.165) is 16.8 Å². The minimum absolute atomic E-state index is 0.259. The summed E-state index contributed by atoms with van der Waals surface area (Å²) in [7, 11) is 0. The van der Waals surface area contributed by atoms with Gasteiger partial charge in [-0.2, -0.15) is 0 Å². The predicted octanol–water partition coefficient (Wildman–Crippen LogP) is 5.33. The average molecular weight is 465 g/mol. The van der Waals surface area contributed by atoms with Crippen LogP contribution in [0.4, 0.5) is 5.69 Å². The highest BCUT2D eigenvalue weighted by atomic mass is 35.5. The van der Waals surface area contributed by atoms with Crippen LogP contribution in [0.25, 0.3) is 0 Å². The van der Waals surface area contributed by atoms with Gasteiger partial charge in [-0.1, -0.05) is 35.3 Å². The minimum Gasteiger partial charge on any atom is -0.466 e. The molecule has 0 amide bonds. The molecule has 0 aromatic heterocycles. The van der Waals surface area contributed by atoms with E-state index >= 15 is 0 Å². The molecular weight excluding hydrogens is 443 g/mol. The molecule has 2 aliphatic heterocycles. The zero-order valence-electron chi connectivity index (χ0n) is 17.1. The number of fused-ring (bicyclic) bond motifs is 4. The van der Waals surface area contributed by atoms with Gasteiger partial charge >= 0.3 is 5.97 Å². The van der Waals surface area contributed by atoms with Crippen LogP contribution in [0.2, 0.25) is 10.0 Å². The standard InChI is InChI=1S/C22H22Cl2N2O3S/c1-5-28-20(27)17-18-14-9-13(23)10-15(24)19(14)29-22(17,4)26(21(30)25-18)16-8-6-7-11(2)12(16)3/h6-10,17-18H,5H2,1-4H3,(H,25,30)/t17-,18-,22+/m1/s1. The molecule has 4 rings (SSSR count). The fourth-order valence-electron chi connectivity index (χ4n) is 4.34. The van der Waals surface area contributed by atoms with Crippen molar-refractivity contribution in [3.8, 4) is 5.75 Å². The van der Waals surface area contributed by atoms with Crippen LogP contribution >= 0.6 is 35.4 Å². The van der Waals surface area contributed by atoms with Crippen LogP contribution in [0.5, 0.6) is 5.75 Å². The Kier molecular flexibility index (Phi) is 5.37. The van der Waals surface area contributed by atoms with Gasteiger partial charge in [0.25, 0.3) is 0 Å². The maximum absolute atomic E-state index is 13.2. The molecule has 2 heterocycles. The number of carbonyl (C=O) groups excluding carboxylic acids is 1. The number of esters is 1. The molecule has 1 fully saturated rings. The van der Waals surface area contributed by atoms with E-state index in [4.69, 9.17) is 44.9 Å². The molecule has 5 nitrogen and oxygen atoms in total. The highest BCUT2D eigenvalue weighted by Crippen LogP contribution is 2.53. The third kappa shape index (κ3) is 3.13. The smallest absolute Gasteiger partial charge is 0.317 e. The van der Waals surface area contributed by atoms with Crippen molar-refractivity contribution in [1.29, 1.82) is 0 Å². The lowest BCUT2D eigenvalue weighted by Gasteiger charge is -2.56. The number of benzene rings is 2. The highest BCUT2D eigenvalue weighted by molar-refractivity contribution is 7.80. The van der Waals surface area contributed by atoms with Gasteiger partial charge in [0.15, 0.2) is 5.11 Å². The summed E-state index contributed by atoms with van der Waals surface area (Å²) in [6.07, 6.45) is 0. The van der Waals surface area contributed by atoms with Crippen LogP contribution in [-0.2, 0) is 9.53 Å². The molecule has 3 atom stereocenters. The molecule has 0 unspecified atom stereocenters. The summed E-state index contributed by atoms with van der Waals surface area (Å²) >= 11 is 18.5. The molecule has 1 N–H and O–H groups in total. The number of hydrogen-bond donors (Lipinski definition) is 1. The average Bonchev–Trinajstić information content (AvgIpc) is 2.66. The number of hydrogen-bond acceptors (Lipinski definition) is 4. The monoisotopic (exact) mass is 464 g/mol. The molecule has 2 aromatic rings. The van der Waals surface area contributed by atoms with E-state index in [1.54, 1.807) is 19.1 Å². The van der Waals surface area contributed by atoms with Crippen LogP contribution in [-0.4, -0.2) is 23.4 Å². The Morgan fingerprint density at radius 1 is 1.33 bits per heavy atom. The minimum atomic E-state index is -1.15. The first-order valence-electron chi connectivity index (χ1n) is 9.70. The number of nitrogens with zero attached hydrogens (tertiary/aromatic N) is 1. The van der Waals surface area contributed by atoms with Crippen molar-refractivity contribution >= 4 is 52.2 Å². The Morgan fingerprint density at radius 2 is 2.07 bits per heavy atom. The van der Waals surface area contributed by atoms with Gasteiger partial charge in [0.2, 0.25) is 5.72 Å². The Morgan fingerprint density at radius 3 is 2.77 bits per heavy atom. The number of nitrogens with one attached hydrogen (secondary N) is 1. The summed E-state index contributed by atoms with van der Waals surface area (Å²) in [6.45, 7) is 7.94. The predicted molar refractivity (Wildman–Crippen MR) is 122 cm³/mol. The van der Waals surface area contributed by atoms with E-state index in [1.165, 1.54) is 0 Å². The van der Waals surface area contributed by atoms with Crippen molar-refractivity contribution < 1.29 is 14.3 Å². The maximum atomic E-state index is 13.2. The second kappa shape index (κ2) is 7.59. The van der Waals surface area contributed by atoms with Gasteiger partial charge in [-0.05, 0) is 69.2 Å². The quantitative estimate of drug-likeness (QED) is 0.488. The van der Waals surface area contributed by atoms with Crippen LogP contribution in [0, 0.1) is 19.8 Å². The summed E-state index contributed by atoms with van der Waals surface area (Å²) in [4.78, 5) is 15.0. The van der Waals surface area contributed by atoms with Crippen molar-refractivity contribution in [1.82, 2.24) is 5.32 Å². The summed E-state index contributed by atoms with van der Waals surface area (Å²) in [5.74, 6) is -0.595. The Labute approximate surface area is 191 Å². The maximum Gasteiger partial charge on any atom is 0.317 e. The van der Waals surface area contributed by atoms with Crippen LogP contribution < -0.4 is 15.0 Å². The van der Waals surface area contributed by atoms with Crippen molar-refractivity contribution in [3.05, 3.63) is 57.1 Å². The third-order valence-electron chi connectivity index (χ3n) is 5.87. The number of aryl methyl sites for hydroxylation is 1. The molecule has 158 valence electrons. The van der Waals surface area contributed by atoms with Gasteiger partial charge < -0.3 is 14.8 Å². The van der Waals surface area contributed by atoms with Crippen molar-refractivity contribution in [2.24, 2.45) is 5.92 Å². The van der Waals surface area contributed by atoms with Gasteiger partial charge in [0.1, 0.15) is 11.7 Å². The van der Waals surface area contributed by atoms with Crippen molar-refractivity contribution in [3.63, 3.8) is 0 Å². The second-order valence-electron chi connectivity index (χ2n) is 7.67. The third-order valence-corrected chi connectivity index (χ3v) is 6.67. The molecule has 8 heteroatoms. The fourth-order valence-corrected chi connectivity index (χ4v) is 5.29. The van der Waals surface area contributed by atoms with E-state index in [-0.39, 0.29) is 12.6 Å². The first-order valence-corrected chi connectivity index (χ1v) is 10.9. The largest absolute Gasteiger partial charge is 0.466 e. The van der Waals surface area contributed by atoms with Gasteiger partial charge in [0.05, 0.1) is 23.4 Å². The lowest BCUT2D eigenvalue weighted by Crippen LogP contribution is -2.72. The SMILES string of the molecule is CCOC(=O)[C@H]1[C@@H]2NC(=S)N(c3cccc(C)c3C)[C@@]1(C)Oc1c(Cl)cc(Cl)cc12. The molecule has 1 saturated heterocycles. The Bertz CT molecular complexity index is 1060. The zero-order chi connectivity index (χ0) is 21.8. The second-order valence-corrected chi connectivity index (χ2v) is 8.90. The molecule has 30 heavy (non-hydrogen) atoms. The first kappa shape index (κ1) is 21.2. The lowest BCUT2D eigenvalue weighted by atomic mass is 9.79. The number of ether oxygens (including phenoxy) is 2. The van der Waals surface area contributed by atoms with Crippen molar-refractivity contribution in [2.45, 2.75) is 39.5 Å². The first-order chi connectivity index (χ1) is 14.2. The summed E-state index contributed by atoms with van der Waals surface area (Å²) in [5.41, 5.74) is 2.54. The molecule has 2 bridgehead atoms. The Balaban J connectivity index is 1.96. The summed E-state index contributed by atoms with van der Waals surface area (Å²) in [5, 5.41) is 4.62. The molecule has 2 aromatic carbocycles. The number of halogens is 2. The number of carbonyl (C=O) groups is 1. The molecule has 0 spiro atoms. The summed E-state index contributed by atoms with van der Waals surface area (Å²) < 4.78 is 11.9. The zero-order valence-corrected chi connectivity index (χ0v) is 19.4. The van der Waals surface area contributed by atoms with Gasteiger partial charge in [-0.25, -0.2) is 0 Å². The van der Waals surface area contributed by atoms with Gasteiger partial charge in [-0.15, -0.1) is 0 Å². The summed E-state index contributed by atoms with van der Waals surface area (Å²) in [6, 6.07) is 8.85. The molecule has 0 saturated carbocycles. The van der Waals surface area contributed by atoms with E-state index in [9.17, 15) is 4.79 Å². The molecular formula is C22H22Cl2N2O3S. The van der Waals surface area contributed by atoms with E-state index < -0.39 is 17.7 Å². The molecule has 0 aliphatic carbocycles. The normalized spacial score (nSPS) is 24.6. The Hall–Kier alpha value is -2.02. The van der Waals surface area contributed by atoms with Gasteiger partial charge in [-0.3, -0.25) is 9.69 Å².